The third kappa shape index (κ3) is 4.46. The van der Waals surface area contributed by atoms with Crippen molar-refractivity contribution < 1.29 is 14.3 Å². The van der Waals surface area contributed by atoms with Gasteiger partial charge in [0, 0.05) is 12.1 Å². The minimum Gasteiger partial charge on any atom is -0.494 e. The highest BCUT2D eigenvalue weighted by Crippen LogP contribution is 2.34. The van der Waals surface area contributed by atoms with Gasteiger partial charge in [-0.15, -0.1) is 0 Å². The number of ether oxygens (including phenoxy) is 1. The number of primary amides is 1. The third-order valence-electron chi connectivity index (χ3n) is 7.44. The van der Waals surface area contributed by atoms with E-state index in [2.05, 4.69) is 15.6 Å². The van der Waals surface area contributed by atoms with E-state index in [1.165, 1.54) is 36.7 Å². The predicted molar refractivity (Wildman–Crippen MR) is 124 cm³/mol. The molecule has 9 heteroatoms. The summed E-state index contributed by atoms with van der Waals surface area (Å²) in [5, 5.41) is 6.73. The van der Waals surface area contributed by atoms with Gasteiger partial charge in [0.25, 0.3) is 5.56 Å². The largest absolute Gasteiger partial charge is 0.494 e. The van der Waals surface area contributed by atoms with Crippen LogP contribution in [0, 0.1) is 11.8 Å². The van der Waals surface area contributed by atoms with Crippen LogP contribution in [0.1, 0.15) is 51.4 Å². The Bertz CT molecular complexity index is 1130. The Kier molecular flexibility index (Phi) is 6.05. The van der Waals surface area contributed by atoms with Gasteiger partial charge in [-0.05, 0) is 62.6 Å². The zero-order chi connectivity index (χ0) is 22.9. The number of fused-ring (bicyclic) bond motifs is 3. The molecule has 1 saturated carbocycles. The van der Waals surface area contributed by atoms with Crippen molar-refractivity contribution in [2.24, 2.45) is 17.6 Å². The SMILES string of the molecule is NC(=O)C(CCCOc1ccc2nc3n(c(=O)c2c1)CC(=O)N3)C1CCC2CCCCC2N1. The van der Waals surface area contributed by atoms with Crippen molar-refractivity contribution in [1.82, 2.24) is 14.9 Å². The molecule has 1 aromatic carbocycles. The van der Waals surface area contributed by atoms with Crippen molar-refractivity contribution in [1.29, 1.82) is 0 Å². The van der Waals surface area contributed by atoms with Crippen molar-refractivity contribution >= 4 is 28.7 Å². The lowest BCUT2D eigenvalue weighted by Gasteiger charge is -2.42. The van der Waals surface area contributed by atoms with Gasteiger partial charge in [-0.3, -0.25) is 24.3 Å². The van der Waals surface area contributed by atoms with Gasteiger partial charge in [-0.2, -0.15) is 0 Å². The van der Waals surface area contributed by atoms with Crippen LogP contribution in [0.5, 0.6) is 5.75 Å². The second-order valence-electron chi connectivity index (χ2n) is 9.55. The molecule has 2 aliphatic heterocycles. The Morgan fingerprint density at radius 3 is 2.91 bits per heavy atom. The first-order valence-corrected chi connectivity index (χ1v) is 12.0. The Hall–Kier alpha value is -2.94. The molecule has 1 aliphatic carbocycles. The molecule has 2 aromatic rings. The van der Waals surface area contributed by atoms with Crippen LogP contribution >= 0.6 is 0 Å². The fourth-order valence-corrected chi connectivity index (χ4v) is 5.72. The Balaban J connectivity index is 1.19. The second kappa shape index (κ2) is 9.13. The van der Waals surface area contributed by atoms with E-state index < -0.39 is 0 Å². The molecule has 2 fully saturated rings. The van der Waals surface area contributed by atoms with E-state index in [0.29, 0.717) is 42.1 Å². The average Bonchev–Trinajstić information content (AvgIpc) is 3.19. The Labute approximate surface area is 192 Å². The van der Waals surface area contributed by atoms with Crippen LogP contribution in [-0.4, -0.2) is 40.1 Å². The maximum absolute atomic E-state index is 12.7. The lowest BCUT2D eigenvalue weighted by Crippen LogP contribution is -2.54. The fraction of sp³-hybridized carbons (Fsp3) is 0.583. The molecule has 2 amide bonds. The summed E-state index contributed by atoms with van der Waals surface area (Å²) in [7, 11) is 0. The lowest BCUT2D eigenvalue weighted by atomic mass is 9.75. The van der Waals surface area contributed by atoms with Gasteiger partial charge in [-0.1, -0.05) is 12.8 Å². The molecule has 4 atom stereocenters. The topological polar surface area (TPSA) is 128 Å². The van der Waals surface area contributed by atoms with E-state index in [1.807, 2.05) is 0 Å². The van der Waals surface area contributed by atoms with E-state index in [4.69, 9.17) is 10.5 Å². The molecular weight excluding hydrogens is 422 g/mol. The molecule has 4 unspecified atom stereocenters. The minimum absolute atomic E-state index is 0.0203. The van der Waals surface area contributed by atoms with Crippen LogP contribution in [0.2, 0.25) is 0 Å². The number of nitrogens with two attached hydrogens (primary N) is 1. The summed E-state index contributed by atoms with van der Waals surface area (Å²) in [5.74, 6) is 0.892. The van der Waals surface area contributed by atoms with Gasteiger partial charge in [0.2, 0.25) is 17.8 Å². The molecule has 0 bridgehead atoms. The molecule has 1 saturated heterocycles. The minimum atomic E-state index is -0.267. The molecule has 0 spiro atoms. The summed E-state index contributed by atoms with van der Waals surface area (Å²) in [6.45, 7) is 0.404. The lowest BCUT2D eigenvalue weighted by molar-refractivity contribution is -0.123. The van der Waals surface area contributed by atoms with Crippen LogP contribution < -0.4 is 26.7 Å². The summed E-state index contributed by atoms with van der Waals surface area (Å²) in [5.41, 5.74) is 6.02. The molecule has 4 N–H and O–H groups in total. The van der Waals surface area contributed by atoms with Crippen LogP contribution in [0.25, 0.3) is 10.9 Å². The van der Waals surface area contributed by atoms with Crippen LogP contribution in [-0.2, 0) is 16.1 Å². The number of benzene rings is 1. The van der Waals surface area contributed by atoms with Crippen molar-refractivity contribution in [3.8, 4) is 5.75 Å². The van der Waals surface area contributed by atoms with Crippen molar-refractivity contribution in [2.45, 2.75) is 70.0 Å². The third-order valence-corrected chi connectivity index (χ3v) is 7.44. The van der Waals surface area contributed by atoms with Gasteiger partial charge in [0.15, 0.2) is 0 Å². The quantitative estimate of drug-likeness (QED) is 0.550. The molecule has 3 heterocycles. The first-order chi connectivity index (χ1) is 16.0. The summed E-state index contributed by atoms with van der Waals surface area (Å²) < 4.78 is 7.22. The molecule has 0 radical (unpaired) electrons. The van der Waals surface area contributed by atoms with Gasteiger partial charge < -0.3 is 15.8 Å². The summed E-state index contributed by atoms with van der Waals surface area (Å²) in [6.07, 6.45) is 8.60. The van der Waals surface area contributed by atoms with Gasteiger partial charge >= 0.3 is 0 Å². The second-order valence-corrected chi connectivity index (χ2v) is 9.55. The van der Waals surface area contributed by atoms with Crippen LogP contribution in [0.4, 0.5) is 5.95 Å². The number of piperidine rings is 1. The molecule has 5 rings (SSSR count). The summed E-state index contributed by atoms with van der Waals surface area (Å²) in [4.78, 5) is 40.8. The zero-order valence-electron chi connectivity index (χ0n) is 18.7. The van der Waals surface area contributed by atoms with Crippen LogP contribution in [0.3, 0.4) is 0 Å². The fourth-order valence-electron chi connectivity index (χ4n) is 5.72. The maximum atomic E-state index is 12.7. The van der Waals surface area contributed by atoms with Crippen molar-refractivity contribution in [2.75, 3.05) is 11.9 Å². The van der Waals surface area contributed by atoms with Gasteiger partial charge in [-0.25, -0.2) is 4.98 Å². The molecule has 9 nitrogen and oxygen atoms in total. The molecule has 1 aromatic heterocycles. The average molecular weight is 454 g/mol. The summed E-state index contributed by atoms with van der Waals surface area (Å²) >= 11 is 0. The number of hydrogen-bond acceptors (Lipinski definition) is 6. The molecule has 3 aliphatic rings. The number of aromatic nitrogens is 2. The standard InChI is InChI=1S/C24H31N5O4/c25-22(31)16(19-9-7-14-4-1-2-6-18(14)26-19)5-3-11-33-15-8-10-20-17(12-15)23(32)29-13-21(30)28-24(29)27-20/h8,10,12,14,16,18-19,26H,1-7,9,11,13H2,(H2,25,31)(H,27,28,30). The maximum Gasteiger partial charge on any atom is 0.263 e. The Morgan fingerprint density at radius 1 is 1.21 bits per heavy atom. The smallest absolute Gasteiger partial charge is 0.263 e. The zero-order valence-corrected chi connectivity index (χ0v) is 18.7. The van der Waals surface area contributed by atoms with Crippen molar-refractivity contribution in [3.63, 3.8) is 0 Å². The highest BCUT2D eigenvalue weighted by atomic mass is 16.5. The predicted octanol–water partition coefficient (Wildman–Crippen LogP) is 1.92. The molecule has 176 valence electrons. The highest BCUT2D eigenvalue weighted by molar-refractivity contribution is 5.94. The Morgan fingerprint density at radius 2 is 2.06 bits per heavy atom. The van der Waals surface area contributed by atoms with Crippen LogP contribution in [0.15, 0.2) is 23.0 Å². The number of nitrogens with zero attached hydrogens (tertiary/aromatic N) is 2. The number of hydrogen-bond donors (Lipinski definition) is 3. The number of carbonyl (C=O) groups is 2. The number of nitrogens with one attached hydrogen (secondary N) is 2. The summed E-state index contributed by atoms with van der Waals surface area (Å²) in [6, 6.07) is 5.81. The molecular formula is C24H31N5O4. The monoisotopic (exact) mass is 453 g/mol. The number of rotatable bonds is 7. The van der Waals surface area contributed by atoms with Crippen molar-refractivity contribution in [3.05, 3.63) is 28.6 Å². The van der Waals surface area contributed by atoms with E-state index in [1.54, 1.807) is 18.2 Å². The van der Waals surface area contributed by atoms with E-state index in [-0.39, 0.29) is 41.8 Å². The van der Waals surface area contributed by atoms with Gasteiger partial charge in [0.05, 0.1) is 23.4 Å². The number of anilines is 1. The first kappa shape index (κ1) is 21.9. The van der Waals surface area contributed by atoms with E-state index in [9.17, 15) is 14.4 Å². The number of amides is 2. The highest BCUT2D eigenvalue weighted by Gasteiger charge is 2.36. The normalized spacial score (nSPS) is 25.2. The van der Waals surface area contributed by atoms with Gasteiger partial charge in [0.1, 0.15) is 12.3 Å². The van der Waals surface area contributed by atoms with E-state index >= 15 is 0 Å². The number of carbonyl (C=O) groups excluding carboxylic acids is 2. The van der Waals surface area contributed by atoms with E-state index in [0.717, 1.165) is 12.3 Å². The first-order valence-electron chi connectivity index (χ1n) is 12.0. The molecule has 33 heavy (non-hydrogen) atoms.